The lowest BCUT2D eigenvalue weighted by atomic mass is 10.1. The van der Waals surface area contributed by atoms with Gasteiger partial charge in [-0.2, -0.15) is 0 Å². The van der Waals surface area contributed by atoms with Crippen molar-refractivity contribution in [3.05, 3.63) is 46.5 Å². The Morgan fingerprint density at radius 2 is 2.10 bits per heavy atom. The van der Waals surface area contributed by atoms with Gasteiger partial charge in [-0.05, 0) is 37.0 Å². The molecular formula is C18H25N3. The zero-order valence-corrected chi connectivity index (χ0v) is 13.5. The van der Waals surface area contributed by atoms with E-state index in [0.29, 0.717) is 5.92 Å². The fraction of sp³-hybridized carbons (Fsp3) is 0.500. The van der Waals surface area contributed by atoms with Crippen LogP contribution in [0.4, 0.5) is 0 Å². The van der Waals surface area contributed by atoms with E-state index in [1.54, 1.807) is 0 Å². The Balaban J connectivity index is 2.19. The zero-order valence-electron chi connectivity index (χ0n) is 13.5. The Hall–Kier alpha value is -1.61. The topological polar surface area (TPSA) is 29.9 Å². The molecule has 0 radical (unpaired) electrons. The second-order valence-electron chi connectivity index (χ2n) is 6.50. The average molecular weight is 283 g/mol. The molecule has 1 aromatic heterocycles. The average Bonchev–Trinajstić information content (AvgIpc) is 2.79. The molecule has 112 valence electrons. The number of imidazole rings is 1. The van der Waals surface area contributed by atoms with Crippen LogP contribution in [0.2, 0.25) is 0 Å². The minimum atomic E-state index is 0.616. The molecule has 1 aliphatic heterocycles. The van der Waals surface area contributed by atoms with Crippen LogP contribution >= 0.6 is 0 Å². The number of hydrogen-bond donors (Lipinski definition) is 1. The normalized spacial score (nSPS) is 14.5. The van der Waals surface area contributed by atoms with E-state index in [2.05, 4.69) is 55.8 Å². The summed E-state index contributed by atoms with van der Waals surface area (Å²) in [7, 11) is 0. The van der Waals surface area contributed by atoms with E-state index in [1.165, 1.54) is 34.0 Å². The van der Waals surface area contributed by atoms with E-state index in [1.807, 2.05) is 0 Å². The number of rotatable bonds is 3. The minimum absolute atomic E-state index is 0.616. The standard InChI is InChI=1S/C18H25N3/c1-12(2)10-18-20-15-11-19-9-8-17(15)21(18)16-7-5-6-13(3)14(16)4/h5-7,12,19H,8-11H2,1-4H3. The lowest BCUT2D eigenvalue weighted by Crippen LogP contribution is -2.25. The molecule has 0 spiro atoms. The third-order valence-corrected chi connectivity index (χ3v) is 4.36. The van der Waals surface area contributed by atoms with Gasteiger partial charge in [0.1, 0.15) is 5.82 Å². The second kappa shape index (κ2) is 5.64. The quantitative estimate of drug-likeness (QED) is 0.936. The van der Waals surface area contributed by atoms with E-state index in [-0.39, 0.29) is 0 Å². The Labute approximate surface area is 127 Å². The fourth-order valence-electron chi connectivity index (χ4n) is 3.13. The van der Waals surface area contributed by atoms with Gasteiger partial charge >= 0.3 is 0 Å². The van der Waals surface area contributed by atoms with Crippen molar-refractivity contribution in [2.24, 2.45) is 5.92 Å². The molecule has 0 saturated heterocycles. The zero-order chi connectivity index (χ0) is 15.0. The Kier molecular flexibility index (Phi) is 3.85. The lowest BCUT2D eigenvalue weighted by Gasteiger charge is -2.19. The molecule has 0 fully saturated rings. The van der Waals surface area contributed by atoms with Crippen molar-refractivity contribution >= 4 is 0 Å². The number of nitrogens with one attached hydrogen (secondary N) is 1. The summed E-state index contributed by atoms with van der Waals surface area (Å²) in [5, 5.41) is 3.44. The highest BCUT2D eigenvalue weighted by Gasteiger charge is 2.22. The molecule has 0 atom stereocenters. The van der Waals surface area contributed by atoms with Gasteiger partial charge in [-0.1, -0.05) is 26.0 Å². The third-order valence-electron chi connectivity index (χ3n) is 4.36. The van der Waals surface area contributed by atoms with Crippen molar-refractivity contribution in [3.63, 3.8) is 0 Å². The van der Waals surface area contributed by atoms with Crippen LogP contribution in [0, 0.1) is 19.8 Å². The predicted molar refractivity (Wildman–Crippen MR) is 87.0 cm³/mol. The summed E-state index contributed by atoms with van der Waals surface area (Å²) in [5.74, 6) is 1.83. The van der Waals surface area contributed by atoms with Gasteiger partial charge < -0.3 is 9.88 Å². The van der Waals surface area contributed by atoms with Crippen LogP contribution in [-0.4, -0.2) is 16.1 Å². The molecule has 0 saturated carbocycles. The molecule has 0 amide bonds. The molecule has 2 aromatic rings. The van der Waals surface area contributed by atoms with Crippen LogP contribution in [-0.2, 0) is 19.4 Å². The molecule has 2 heterocycles. The Morgan fingerprint density at radius 3 is 2.86 bits per heavy atom. The van der Waals surface area contributed by atoms with Crippen molar-refractivity contribution in [1.29, 1.82) is 0 Å². The minimum Gasteiger partial charge on any atom is -0.311 e. The summed E-state index contributed by atoms with van der Waals surface area (Å²) in [6.45, 7) is 10.9. The highest BCUT2D eigenvalue weighted by molar-refractivity contribution is 5.48. The third kappa shape index (κ3) is 2.62. The highest BCUT2D eigenvalue weighted by atomic mass is 15.1. The molecule has 21 heavy (non-hydrogen) atoms. The van der Waals surface area contributed by atoms with Crippen LogP contribution < -0.4 is 5.32 Å². The number of aryl methyl sites for hydroxylation is 1. The first-order chi connectivity index (χ1) is 10.1. The Bertz CT molecular complexity index is 653. The van der Waals surface area contributed by atoms with Gasteiger partial charge in [0, 0.05) is 31.6 Å². The van der Waals surface area contributed by atoms with Crippen LogP contribution in [0.25, 0.3) is 5.69 Å². The summed E-state index contributed by atoms with van der Waals surface area (Å²) in [6, 6.07) is 6.58. The van der Waals surface area contributed by atoms with Gasteiger partial charge in [0.2, 0.25) is 0 Å². The summed E-state index contributed by atoms with van der Waals surface area (Å²) in [5.41, 5.74) is 6.65. The van der Waals surface area contributed by atoms with Gasteiger partial charge in [-0.25, -0.2) is 4.98 Å². The van der Waals surface area contributed by atoms with Crippen LogP contribution in [0.1, 0.15) is 42.2 Å². The van der Waals surface area contributed by atoms with Crippen LogP contribution in [0.3, 0.4) is 0 Å². The first kappa shape index (κ1) is 14.3. The van der Waals surface area contributed by atoms with E-state index in [4.69, 9.17) is 4.98 Å². The van der Waals surface area contributed by atoms with Gasteiger partial charge in [-0.15, -0.1) is 0 Å². The van der Waals surface area contributed by atoms with E-state index in [9.17, 15) is 0 Å². The van der Waals surface area contributed by atoms with E-state index in [0.717, 1.165) is 25.9 Å². The number of benzene rings is 1. The molecule has 3 rings (SSSR count). The number of hydrogen-bond acceptors (Lipinski definition) is 2. The molecule has 1 N–H and O–H groups in total. The number of aromatic nitrogens is 2. The maximum Gasteiger partial charge on any atom is 0.114 e. The molecule has 1 aliphatic rings. The summed E-state index contributed by atoms with van der Waals surface area (Å²) >= 11 is 0. The van der Waals surface area contributed by atoms with E-state index >= 15 is 0 Å². The summed E-state index contributed by atoms with van der Waals surface area (Å²) in [6.07, 6.45) is 2.09. The van der Waals surface area contributed by atoms with Crippen molar-refractivity contribution < 1.29 is 0 Å². The van der Waals surface area contributed by atoms with Gasteiger partial charge in [0.05, 0.1) is 11.4 Å². The molecular weight excluding hydrogens is 258 g/mol. The lowest BCUT2D eigenvalue weighted by molar-refractivity contribution is 0.607. The monoisotopic (exact) mass is 283 g/mol. The maximum absolute atomic E-state index is 4.94. The Morgan fingerprint density at radius 1 is 1.29 bits per heavy atom. The second-order valence-corrected chi connectivity index (χ2v) is 6.50. The molecule has 1 aromatic carbocycles. The first-order valence-corrected chi connectivity index (χ1v) is 7.94. The van der Waals surface area contributed by atoms with Crippen molar-refractivity contribution in [2.45, 2.75) is 47.1 Å². The van der Waals surface area contributed by atoms with Crippen LogP contribution in [0.5, 0.6) is 0 Å². The van der Waals surface area contributed by atoms with E-state index < -0.39 is 0 Å². The van der Waals surface area contributed by atoms with Crippen LogP contribution in [0.15, 0.2) is 18.2 Å². The molecule has 0 unspecified atom stereocenters. The summed E-state index contributed by atoms with van der Waals surface area (Å²) < 4.78 is 2.43. The van der Waals surface area contributed by atoms with Gasteiger partial charge in [0.15, 0.2) is 0 Å². The smallest absolute Gasteiger partial charge is 0.114 e. The predicted octanol–water partition coefficient (Wildman–Crippen LogP) is 3.33. The van der Waals surface area contributed by atoms with Gasteiger partial charge in [0.25, 0.3) is 0 Å². The molecule has 0 aliphatic carbocycles. The highest BCUT2D eigenvalue weighted by Crippen LogP contribution is 2.26. The number of nitrogens with zero attached hydrogens (tertiary/aromatic N) is 2. The first-order valence-electron chi connectivity index (χ1n) is 7.94. The maximum atomic E-state index is 4.94. The molecule has 3 heteroatoms. The van der Waals surface area contributed by atoms with Crippen molar-refractivity contribution in [1.82, 2.24) is 14.9 Å². The molecule has 0 bridgehead atoms. The number of fused-ring (bicyclic) bond motifs is 1. The SMILES string of the molecule is Cc1cccc(-n2c(CC(C)C)nc3c2CCNC3)c1C. The summed E-state index contributed by atoms with van der Waals surface area (Å²) in [4.78, 5) is 4.94. The van der Waals surface area contributed by atoms with Crippen molar-refractivity contribution in [2.75, 3.05) is 6.54 Å². The van der Waals surface area contributed by atoms with Crippen molar-refractivity contribution in [3.8, 4) is 5.69 Å². The van der Waals surface area contributed by atoms with Gasteiger partial charge in [-0.3, -0.25) is 0 Å². The largest absolute Gasteiger partial charge is 0.311 e. The molecule has 3 nitrogen and oxygen atoms in total. The fourth-order valence-corrected chi connectivity index (χ4v) is 3.13.